The first-order chi connectivity index (χ1) is 10.6. The molecule has 5 N–H and O–H groups in total. The van der Waals surface area contributed by atoms with Crippen molar-refractivity contribution in [3.63, 3.8) is 0 Å². The summed E-state index contributed by atoms with van der Waals surface area (Å²) in [5.74, 6) is 1.79. The number of carbonyl (C=O) groups excluding carboxylic acids is 4. The van der Waals surface area contributed by atoms with Crippen LogP contribution in [0.5, 0.6) is 0 Å². The van der Waals surface area contributed by atoms with Crippen LogP contribution in [-0.4, -0.2) is 52.9 Å². The Hall–Kier alpha value is -1.74. The van der Waals surface area contributed by atoms with Gasteiger partial charge in [-0.1, -0.05) is 19.7 Å². The van der Waals surface area contributed by atoms with Gasteiger partial charge in [-0.05, 0) is 13.8 Å². The topological polar surface area (TPSA) is 130 Å². The Kier molecular flexibility index (Phi) is 9.35. The molecule has 0 saturated carbocycles. The highest BCUT2D eigenvalue weighted by Crippen LogP contribution is 2.01. The van der Waals surface area contributed by atoms with Crippen molar-refractivity contribution in [2.75, 3.05) is 0 Å². The van der Waals surface area contributed by atoms with E-state index in [-0.39, 0.29) is 29.7 Å². The summed E-state index contributed by atoms with van der Waals surface area (Å²) in [6.45, 7) is 6.97. The molecule has 0 bridgehead atoms. The Bertz CT molecular complexity index is 481. The van der Waals surface area contributed by atoms with E-state index in [9.17, 15) is 19.2 Å². The van der Waals surface area contributed by atoms with E-state index in [1.54, 1.807) is 6.92 Å². The monoisotopic (exact) mass is 346 g/mol. The lowest BCUT2D eigenvalue weighted by molar-refractivity contribution is -0.131. The predicted molar refractivity (Wildman–Crippen MR) is 92.2 cm³/mol. The van der Waals surface area contributed by atoms with E-state index in [4.69, 9.17) is 5.73 Å². The number of primary amides is 1. The van der Waals surface area contributed by atoms with E-state index >= 15 is 0 Å². The molecule has 0 aromatic carbocycles. The van der Waals surface area contributed by atoms with Crippen molar-refractivity contribution in [1.29, 1.82) is 0 Å². The Balaban J connectivity index is 4.68. The SMILES string of the molecule is C=[SH]C(=O)C(CC(N)=O)NC(=O)[C@H](C)NC(=O)[C@H](C)NC(C)C. The third-order valence-electron chi connectivity index (χ3n) is 2.90. The molecular weight excluding hydrogens is 320 g/mol. The fourth-order valence-electron chi connectivity index (χ4n) is 1.79. The number of rotatable bonds is 9. The molecule has 3 amide bonds. The van der Waals surface area contributed by atoms with Gasteiger partial charge in [0.2, 0.25) is 22.8 Å². The Morgan fingerprint density at radius 2 is 1.52 bits per heavy atom. The third-order valence-corrected chi connectivity index (χ3v) is 3.53. The second-order valence-electron chi connectivity index (χ2n) is 5.50. The molecule has 23 heavy (non-hydrogen) atoms. The van der Waals surface area contributed by atoms with Crippen LogP contribution in [0.4, 0.5) is 0 Å². The fourth-order valence-corrected chi connectivity index (χ4v) is 2.16. The number of amides is 3. The minimum atomic E-state index is -1.04. The molecule has 0 fully saturated rings. The number of thiol groups is 1. The van der Waals surface area contributed by atoms with Gasteiger partial charge in [0.05, 0.1) is 12.5 Å². The zero-order valence-electron chi connectivity index (χ0n) is 13.9. The van der Waals surface area contributed by atoms with Gasteiger partial charge >= 0.3 is 0 Å². The van der Waals surface area contributed by atoms with Crippen LogP contribution in [0.1, 0.15) is 34.1 Å². The third kappa shape index (κ3) is 8.46. The van der Waals surface area contributed by atoms with E-state index in [0.29, 0.717) is 0 Å². The maximum atomic E-state index is 12.1. The van der Waals surface area contributed by atoms with E-state index in [1.165, 1.54) is 6.92 Å². The maximum Gasteiger partial charge on any atom is 0.242 e. The van der Waals surface area contributed by atoms with Gasteiger partial charge in [-0.25, -0.2) is 0 Å². The molecule has 0 aliphatic carbocycles. The minimum absolute atomic E-state index is 0.119. The highest BCUT2D eigenvalue weighted by Gasteiger charge is 2.25. The maximum absolute atomic E-state index is 12.1. The molecule has 3 atom stereocenters. The number of hydrogen-bond acceptors (Lipinski definition) is 5. The van der Waals surface area contributed by atoms with Crippen LogP contribution in [0.2, 0.25) is 0 Å². The average Bonchev–Trinajstić information content (AvgIpc) is 2.44. The van der Waals surface area contributed by atoms with Crippen molar-refractivity contribution in [2.24, 2.45) is 5.73 Å². The summed E-state index contributed by atoms with van der Waals surface area (Å²) in [6.07, 6.45) is -0.306. The Morgan fingerprint density at radius 1 is 1.00 bits per heavy atom. The lowest BCUT2D eigenvalue weighted by Crippen LogP contribution is -2.54. The molecule has 0 aromatic rings. The van der Waals surface area contributed by atoms with Crippen molar-refractivity contribution < 1.29 is 19.2 Å². The molecule has 9 heteroatoms. The van der Waals surface area contributed by atoms with E-state index < -0.39 is 35.1 Å². The second-order valence-corrected chi connectivity index (χ2v) is 6.26. The van der Waals surface area contributed by atoms with Crippen molar-refractivity contribution in [1.82, 2.24) is 16.0 Å². The summed E-state index contributed by atoms with van der Waals surface area (Å²) in [7, 11) is 0. The molecule has 1 unspecified atom stereocenters. The van der Waals surface area contributed by atoms with Gasteiger partial charge in [-0.15, -0.1) is 11.4 Å². The summed E-state index contributed by atoms with van der Waals surface area (Å²) in [4.78, 5) is 46.6. The van der Waals surface area contributed by atoms with Crippen molar-refractivity contribution in [3.05, 3.63) is 0 Å². The first-order valence-electron chi connectivity index (χ1n) is 7.24. The lowest BCUT2D eigenvalue weighted by atomic mass is 10.2. The number of carbonyl (C=O) groups is 4. The van der Waals surface area contributed by atoms with Crippen LogP contribution in [0, 0.1) is 0 Å². The normalized spacial score (nSPS) is 14.7. The zero-order chi connectivity index (χ0) is 18.2. The summed E-state index contributed by atoms with van der Waals surface area (Å²) in [6, 6.07) is -2.24. The average molecular weight is 346 g/mol. The van der Waals surface area contributed by atoms with Gasteiger partial charge in [0.1, 0.15) is 12.1 Å². The summed E-state index contributed by atoms with van der Waals surface area (Å²) in [5.41, 5.74) is 5.06. The van der Waals surface area contributed by atoms with E-state index in [1.807, 2.05) is 13.8 Å². The molecule has 132 valence electrons. The molecule has 0 heterocycles. The zero-order valence-corrected chi connectivity index (χ0v) is 14.8. The van der Waals surface area contributed by atoms with Gasteiger partial charge in [0, 0.05) is 6.04 Å². The van der Waals surface area contributed by atoms with Crippen LogP contribution in [0.15, 0.2) is 0 Å². The molecular formula is C14H26N4O4S. The van der Waals surface area contributed by atoms with Gasteiger partial charge in [0.25, 0.3) is 0 Å². The minimum Gasteiger partial charge on any atom is -0.370 e. The van der Waals surface area contributed by atoms with Crippen LogP contribution in [0.3, 0.4) is 0 Å². The van der Waals surface area contributed by atoms with Crippen LogP contribution in [0.25, 0.3) is 0 Å². The second kappa shape index (κ2) is 10.1. The number of nitrogens with two attached hydrogens (primary N) is 1. The number of hydrogen-bond donors (Lipinski definition) is 5. The molecule has 0 rings (SSSR count). The van der Waals surface area contributed by atoms with Crippen LogP contribution >= 0.6 is 11.4 Å². The smallest absolute Gasteiger partial charge is 0.242 e. The van der Waals surface area contributed by atoms with Gasteiger partial charge in [0.15, 0.2) is 0 Å². The molecule has 0 aromatic heterocycles. The van der Waals surface area contributed by atoms with Gasteiger partial charge in [-0.3, -0.25) is 19.2 Å². The molecule has 8 nitrogen and oxygen atoms in total. The highest BCUT2D eigenvalue weighted by atomic mass is 32.1. The Labute approximate surface area is 139 Å². The van der Waals surface area contributed by atoms with Crippen LogP contribution < -0.4 is 21.7 Å². The molecule has 0 aliphatic rings. The highest BCUT2D eigenvalue weighted by molar-refractivity contribution is 8.11. The van der Waals surface area contributed by atoms with Crippen LogP contribution in [-0.2, 0) is 19.2 Å². The van der Waals surface area contributed by atoms with E-state index in [0.717, 1.165) is 0 Å². The lowest BCUT2D eigenvalue weighted by Gasteiger charge is -2.21. The van der Waals surface area contributed by atoms with Gasteiger partial charge < -0.3 is 21.7 Å². The quantitative estimate of drug-likeness (QED) is 0.261. The molecule has 0 aliphatic heterocycles. The number of nitrogens with one attached hydrogen (secondary N) is 3. The van der Waals surface area contributed by atoms with Crippen molar-refractivity contribution >= 4 is 40.1 Å². The van der Waals surface area contributed by atoms with Crippen molar-refractivity contribution in [3.8, 4) is 0 Å². The summed E-state index contributed by atoms with van der Waals surface area (Å²) < 4.78 is 0. The summed E-state index contributed by atoms with van der Waals surface area (Å²) in [5, 5.41) is 7.54. The van der Waals surface area contributed by atoms with E-state index in [2.05, 4.69) is 21.8 Å². The van der Waals surface area contributed by atoms with Gasteiger partial charge in [-0.2, -0.15) is 0 Å². The first kappa shape index (κ1) is 21.3. The predicted octanol–water partition coefficient (Wildman–Crippen LogP) is -1.34. The Morgan fingerprint density at radius 3 is 1.96 bits per heavy atom. The summed E-state index contributed by atoms with van der Waals surface area (Å²) >= 11 is 0.165. The molecule has 0 radical (unpaired) electrons. The standard InChI is InChI=1S/C14H26N4O4S/c1-7(2)16-8(3)12(20)17-9(4)13(21)18-10(6-11(15)19)14(22)23-5/h7-10,16,23H,5-6H2,1-4H3,(H2,15,19)(H,17,20)(H,18,21)/t8-,9-,10?/m0/s1. The first-order valence-corrected chi connectivity index (χ1v) is 8.32. The fraction of sp³-hybridized carbons (Fsp3) is 0.643. The molecule has 0 spiro atoms. The molecule has 0 saturated heterocycles. The largest absolute Gasteiger partial charge is 0.370 e. The van der Waals surface area contributed by atoms with Crippen molar-refractivity contribution in [2.45, 2.75) is 58.3 Å².